The first-order chi connectivity index (χ1) is 23.4. The molecule has 49 heavy (non-hydrogen) atoms. The van der Waals surface area contributed by atoms with E-state index in [1.165, 1.54) is 18.3 Å². The van der Waals surface area contributed by atoms with E-state index in [4.69, 9.17) is 27.9 Å². The lowest BCUT2D eigenvalue weighted by Crippen LogP contribution is -2.46. The highest BCUT2D eigenvalue weighted by atomic mass is 35.5. The SMILES string of the molecule is CC(C)Oc1ccc(C(Nc2cc(Cl)c3ncc(C#N)c(Nc4ccc(F)c(Cl)c4)c3c2)c2cn(C3CCN(C(C)(C)C)CC3)nn2)cn1. The molecule has 0 saturated carbocycles. The summed E-state index contributed by atoms with van der Waals surface area (Å²) >= 11 is 12.9. The number of ether oxygens (including phenoxy) is 1. The summed E-state index contributed by atoms with van der Waals surface area (Å²) in [5, 5.41) is 26.9. The molecule has 6 rings (SSSR count). The van der Waals surface area contributed by atoms with Gasteiger partial charge in [0, 0.05) is 53.8 Å². The highest BCUT2D eigenvalue weighted by Gasteiger charge is 2.29. The summed E-state index contributed by atoms with van der Waals surface area (Å²) in [6.07, 6.45) is 7.15. The van der Waals surface area contributed by atoms with E-state index in [9.17, 15) is 9.65 Å². The molecule has 1 unspecified atom stereocenters. The Morgan fingerprint density at radius 1 is 1.00 bits per heavy atom. The molecule has 0 amide bonds. The molecule has 254 valence electrons. The van der Waals surface area contributed by atoms with Crippen molar-refractivity contribution in [1.29, 1.82) is 5.26 Å². The Bertz CT molecular complexity index is 2000. The average Bonchev–Trinajstić information content (AvgIpc) is 3.56. The summed E-state index contributed by atoms with van der Waals surface area (Å²) in [7, 11) is 0. The van der Waals surface area contributed by atoms with Crippen LogP contribution in [0.15, 0.2) is 61.1 Å². The minimum absolute atomic E-state index is 0.0164. The number of hydrogen-bond acceptors (Lipinski definition) is 9. The first-order valence-corrected chi connectivity index (χ1v) is 17.0. The molecular weight excluding hydrogens is 664 g/mol. The summed E-state index contributed by atoms with van der Waals surface area (Å²) in [4.78, 5) is 11.5. The number of nitrogens with one attached hydrogen (secondary N) is 2. The van der Waals surface area contributed by atoms with Gasteiger partial charge in [-0.25, -0.2) is 14.1 Å². The third-order valence-corrected chi connectivity index (χ3v) is 9.18. The van der Waals surface area contributed by atoms with Gasteiger partial charge < -0.3 is 15.4 Å². The summed E-state index contributed by atoms with van der Waals surface area (Å²) in [6.45, 7) is 12.6. The molecule has 3 aromatic heterocycles. The molecule has 13 heteroatoms. The molecule has 1 atom stereocenters. The van der Waals surface area contributed by atoms with E-state index in [1.54, 1.807) is 18.3 Å². The zero-order valence-electron chi connectivity index (χ0n) is 28.0. The second-order valence-corrected chi connectivity index (χ2v) is 14.3. The van der Waals surface area contributed by atoms with Gasteiger partial charge in [0.05, 0.1) is 51.2 Å². The van der Waals surface area contributed by atoms with Crippen LogP contribution in [0.25, 0.3) is 10.9 Å². The van der Waals surface area contributed by atoms with E-state index in [-0.39, 0.29) is 28.3 Å². The highest BCUT2D eigenvalue weighted by Crippen LogP contribution is 2.37. The summed E-state index contributed by atoms with van der Waals surface area (Å²) in [5.41, 5.74) is 4.05. The first-order valence-electron chi connectivity index (χ1n) is 16.2. The quantitative estimate of drug-likeness (QED) is 0.156. The monoisotopic (exact) mass is 701 g/mol. The van der Waals surface area contributed by atoms with Crippen molar-refractivity contribution in [1.82, 2.24) is 29.9 Å². The molecule has 1 aliphatic heterocycles. The minimum Gasteiger partial charge on any atom is -0.475 e. The number of pyridine rings is 2. The van der Waals surface area contributed by atoms with Crippen molar-refractivity contribution < 1.29 is 9.13 Å². The van der Waals surface area contributed by atoms with Crippen molar-refractivity contribution in [2.45, 2.75) is 71.2 Å². The smallest absolute Gasteiger partial charge is 0.213 e. The Kier molecular flexibility index (Phi) is 9.93. The van der Waals surface area contributed by atoms with Gasteiger partial charge in [0.1, 0.15) is 17.6 Å². The van der Waals surface area contributed by atoms with Gasteiger partial charge in [-0.1, -0.05) is 28.4 Å². The van der Waals surface area contributed by atoms with Crippen LogP contribution in [-0.2, 0) is 0 Å². The summed E-state index contributed by atoms with van der Waals surface area (Å²) in [6, 6.07) is 13.7. The molecule has 0 aliphatic carbocycles. The van der Waals surface area contributed by atoms with Gasteiger partial charge in [-0.2, -0.15) is 5.26 Å². The van der Waals surface area contributed by atoms with Crippen LogP contribution in [0.2, 0.25) is 10.0 Å². The van der Waals surface area contributed by atoms with Crippen LogP contribution in [0.3, 0.4) is 0 Å². The number of nitriles is 1. The molecule has 5 aromatic rings. The van der Waals surface area contributed by atoms with Crippen LogP contribution in [0.4, 0.5) is 21.5 Å². The van der Waals surface area contributed by atoms with Crippen LogP contribution >= 0.6 is 23.2 Å². The Morgan fingerprint density at radius 2 is 1.76 bits per heavy atom. The van der Waals surface area contributed by atoms with E-state index in [0.29, 0.717) is 44.6 Å². The molecule has 0 bridgehead atoms. The Hall–Kier alpha value is -4.50. The van der Waals surface area contributed by atoms with Crippen LogP contribution < -0.4 is 15.4 Å². The normalized spacial score (nSPS) is 14.9. The summed E-state index contributed by atoms with van der Waals surface area (Å²) < 4.78 is 21.7. The van der Waals surface area contributed by atoms with Crippen LogP contribution in [-0.4, -0.2) is 54.6 Å². The molecule has 1 saturated heterocycles. The number of benzene rings is 2. The Morgan fingerprint density at radius 3 is 2.41 bits per heavy atom. The van der Waals surface area contributed by atoms with E-state index in [1.807, 2.05) is 42.9 Å². The highest BCUT2D eigenvalue weighted by molar-refractivity contribution is 6.36. The van der Waals surface area contributed by atoms with Crippen molar-refractivity contribution in [3.8, 4) is 11.9 Å². The van der Waals surface area contributed by atoms with Crippen molar-refractivity contribution in [3.05, 3.63) is 93.7 Å². The van der Waals surface area contributed by atoms with Gasteiger partial charge in [0.15, 0.2) is 0 Å². The second-order valence-electron chi connectivity index (χ2n) is 13.5. The van der Waals surface area contributed by atoms with Crippen LogP contribution in [0, 0.1) is 17.1 Å². The average molecular weight is 703 g/mol. The van der Waals surface area contributed by atoms with E-state index < -0.39 is 11.9 Å². The molecule has 1 aliphatic rings. The molecule has 10 nitrogen and oxygen atoms in total. The molecule has 4 heterocycles. The number of nitrogens with zero attached hydrogens (tertiary/aromatic N) is 7. The summed E-state index contributed by atoms with van der Waals surface area (Å²) in [5.74, 6) is -0.0225. The minimum atomic E-state index is -0.543. The first kappa shape index (κ1) is 34.4. The van der Waals surface area contributed by atoms with Crippen molar-refractivity contribution >= 4 is 51.2 Å². The van der Waals surface area contributed by atoms with Crippen molar-refractivity contribution in [3.63, 3.8) is 0 Å². The van der Waals surface area contributed by atoms with Gasteiger partial charge in [-0.15, -0.1) is 5.10 Å². The lowest BCUT2D eigenvalue weighted by atomic mass is 9.98. The lowest BCUT2D eigenvalue weighted by molar-refractivity contribution is 0.0866. The maximum Gasteiger partial charge on any atom is 0.213 e. The predicted molar refractivity (Wildman–Crippen MR) is 191 cm³/mol. The molecule has 1 fully saturated rings. The van der Waals surface area contributed by atoms with Gasteiger partial charge in [0.2, 0.25) is 5.88 Å². The third kappa shape index (κ3) is 7.72. The van der Waals surface area contributed by atoms with Crippen LogP contribution in [0.5, 0.6) is 5.88 Å². The molecule has 2 N–H and O–H groups in total. The standard InChI is InChI=1S/C36H38Cl2FN9O/c1-21(2)49-32-9-6-22(18-41-32)34(31-20-48(46-45-31)26-10-12-47(13-11-26)36(3,4)5)44-25-14-27-33(43-24-7-8-30(39)28(37)15-24)23(17-40)19-42-35(27)29(38)16-25/h6-9,14-16,18-21,26,34,44H,10-13H2,1-5H3,(H,42,43). The molecule has 0 spiro atoms. The van der Waals surface area contributed by atoms with E-state index in [0.717, 1.165) is 31.5 Å². The number of piperidine rings is 1. The number of rotatable bonds is 9. The zero-order chi connectivity index (χ0) is 34.9. The van der Waals surface area contributed by atoms with Crippen molar-refractivity contribution in [2.24, 2.45) is 0 Å². The Labute approximate surface area is 295 Å². The molecular formula is C36H38Cl2FN9O. The van der Waals surface area contributed by atoms with Gasteiger partial charge in [0.25, 0.3) is 0 Å². The number of halogens is 3. The number of anilines is 3. The van der Waals surface area contributed by atoms with Gasteiger partial charge in [-0.3, -0.25) is 9.88 Å². The fraction of sp³-hybridized carbons (Fsp3) is 0.361. The van der Waals surface area contributed by atoms with Gasteiger partial charge >= 0.3 is 0 Å². The second kappa shape index (κ2) is 14.2. The predicted octanol–water partition coefficient (Wildman–Crippen LogP) is 8.71. The topological polar surface area (TPSA) is 117 Å². The fourth-order valence-electron chi connectivity index (χ4n) is 6.05. The van der Waals surface area contributed by atoms with Gasteiger partial charge in [-0.05, 0) is 89.4 Å². The Balaban J connectivity index is 1.37. The zero-order valence-corrected chi connectivity index (χ0v) is 29.5. The number of hydrogen-bond donors (Lipinski definition) is 2. The fourth-order valence-corrected chi connectivity index (χ4v) is 6.50. The van der Waals surface area contributed by atoms with E-state index in [2.05, 4.69) is 62.7 Å². The maximum atomic E-state index is 13.9. The largest absolute Gasteiger partial charge is 0.475 e. The lowest BCUT2D eigenvalue weighted by Gasteiger charge is -2.40. The molecule has 2 aromatic carbocycles. The third-order valence-electron chi connectivity index (χ3n) is 8.61. The van der Waals surface area contributed by atoms with Crippen molar-refractivity contribution in [2.75, 3.05) is 23.7 Å². The molecule has 0 radical (unpaired) electrons. The number of fused-ring (bicyclic) bond motifs is 1. The maximum absolute atomic E-state index is 13.9. The van der Waals surface area contributed by atoms with E-state index >= 15 is 0 Å². The number of likely N-dealkylation sites (tertiary alicyclic amines) is 1. The number of aromatic nitrogens is 5. The van der Waals surface area contributed by atoms with Crippen LogP contribution in [0.1, 0.15) is 76.4 Å².